The summed E-state index contributed by atoms with van der Waals surface area (Å²) in [5, 5.41) is 5.41. The first kappa shape index (κ1) is 16.5. The highest BCUT2D eigenvalue weighted by atomic mass is 79.9. The molecular weight excluding hydrogens is 346 g/mol. The minimum atomic E-state index is 0.111. The van der Waals surface area contributed by atoms with E-state index in [-0.39, 0.29) is 5.54 Å². The van der Waals surface area contributed by atoms with Crippen molar-refractivity contribution in [3.8, 4) is 0 Å². The fourth-order valence-corrected chi connectivity index (χ4v) is 3.01. The van der Waals surface area contributed by atoms with E-state index in [1.165, 1.54) is 11.1 Å². The third kappa shape index (κ3) is 5.09. The summed E-state index contributed by atoms with van der Waals surface area (Å²) in [5.74, 6) is 0. The van der Waals surface area contributed by atoms with E-state index in [9.17, 15) is 0 Å². The standard InChI is InChI=1S/C16H20BrN3S/c1-11-8-12(10-20-16(2,3)4)9-19-14(11)21-15-13(17)6-5-7-18-15/h5-9,20H,10H2,1-4H3. The van der Waals surface area contributed by atoms with E-state index >= 15 is 0 Å². The molecule has 0 bridgehead atoms. The zero-order chi connectivity index (χ0) is 15.5. The molecule has 0 spiro atoms. The predicted octanol–water partition coefficient (Wildman–Crippen LogP) is 4.59. The van der Waals surface area contributed by atoms with Crippen LogP contribution in [0.15, 0.2) is 45.1 Å². The smallest absolute Gasteiger partial charge is 0.116 e. The molecule has 0 aliphatic carbocycles. The van der Waals surface area contributed by atoms with Crippen LogP contribution in [-0.4, -0.2) is 15.5 Å². The van der Waals surface area contributed by atoms with Gasteiger partial charge in [-0.25, -0.2) is 9.97 Å². The van der Waals surface area contributed by atoms with Gasteiger partial charge in [0.15, 0.2) is 0 Å². The molecule has 21 heavy (non-hydrogen) atoms. The SMILES string of the molecule is Cc1cc(CNC(C)(C)C)cnc1Sc1ncccc1Br. The molecule has 0 aromatic carbocycles. The van der Waals surface area contributed by atoms with Crippen LogP contribution < -0.4 is 5.32 Å². The van der Waals surface area contributed by atoms with Gasteiger partial charge >= 0.3 is 0 Å². The quantitative estimate of drug-likeness (QED) is 0.859. The van der Waals surface area contributed by atoms with E-state index in [0.717, 1.165) is 21.1 Å². The number of rotatable bonds is 4. The van der Waals surface area contributed by atoms with Crippen molar-refractivity contribution in [2.24, 2.45) is 0 Å². The molecule has 0 atom stereocenters. The number of aryl methyl sites for hydroxylation is 1. The third-order valence-electron chi connectivity index (χ3n) is 2.83. The van der Waals surface area contributed by atoms with Gasteiger partial charge in [-0.2, -0.15) is 0 Å². The summed E-state index contributed by atoms with van der Waals surface area (Å²) in [5.41, 5.74) is 2.48. The normalized spacial score (nSPS) is 11.7. The van der Waals surface area contributed by atoms with E-state index < -0.39 is 0 Å². The molecule has 3 nitrogen and oxygen atoms in total. The van der Waals surface area contributed by atoms with Crippen molar-refractivity contribution >= 4 is 27.7 Å². The van der Waals surface area contributed by atoms with Crippen LogP contribution in [0, 0.1) is 6.92 Å². The Bertz CT molecular complexity index is 623. The van der Waals surface area contributed by atoms with Crippen LogP contribution in [0.3, 0.4) is 0 Å². The van der Waals surface area contributed by atoms with Gasteiger partial charge in [0.25, 0.3) is 0 Å². The van der Waals surface area contributed by atoms with Gasteiger partial charge in [0, 0.05) is 24.5 Å². The van der Waals surface area contributed by atoms with Gasteiger partial charge in [-0.05, 0) is 78.6 Å². The molecule has 0 saturated heterocycles. The van der Waals surface area contributed by atoms with Crippen LogP contribution in [0.25, 0.3) is 0 Å². The topological polar surface area (TPSA) is 37.8 Å². The maximum atomic E-state index is 4.58. The average molecular weight is 366 g/mol. The van der Waals surface area contributed by atoms with Crippen molar-refractivity contribution in [3.05, 3.63) is 46.2 Å². The van der Waals surface area contributed by atoms with Crippen LogP contribution in [0.2, 0.25) is 0 Å². The number of nitrogens with one attached hydrogen (secondary N) is 1. The molecule has 0 unspecified atom stereocenters. The van der Waals surface area contributed by atoms with Crippen LogP contribution in [-0.2, 0) is 6.54 Å². The average Bonchev–Trinajstić information content (AvgIpc) is 2.41. The monoisotopic (exact) mass is 365 g/mol. The number of nitrogens with zero attached hydrogens (tertiary/aromatic N) is 2. The molecule has 0 aliphatic heterocycles. The summed E-state index contributed by atoms with van der Waals surface area (Å²) < 4.78 is 0.995. The van der Waals surface area contributed by atoms with Crippen LogP contribution >= 0.6 is 27.7 Å². The van der Waals surface area contributed by atoms with Gasteiger partial charge in [0.05, 0.1) is 4.47 Å². The van der Waals surface area contributed by atoms with Crippen molar-refractivity contribution in [2.75, 3.05) is 0 Å². The maximum Gasteiger partial charge on any atom is 0.116 e. The molecule has 2 rings (SSSR count). The summed E-state index contributed by atoms with van der Waals surface area (Å²) in [6, 6.07) is 6.09. The lowest BCUT2D eigenvalue weighted by atomic mass is 10.1. The molecule has 0 amide bonds. The Morgan fingerprint density at radius 1 is 1.24 bits per heavy atom. The lowest BCUT2D eigenvalue weighted by Crippen LogP contribution is -2.35. The zero-order valence-electron chi connectivity index (χ0n) is 12.8. The van der Waals surface area contributed by atoms with Crippen LogP contribution in [0.5, 0.6) is 0 Å². The molecule has 1 N–H and O–H groups in total. The second kappa shape index (κ2) is 6.90. The summed E-state index contributed by atoms with van der Waals surface area (Å²) in [6.07, 6.45) is 3.73. The minimum absolute atomic E-state index is 0.111. The molecule has 0 fully saturated rings. The number of hydrogen-bond donors (Lipinski definition) is 1. The summed E-state index contributed by atoms with van der Waals surface area (Å²) in [7, 11) is 0. The second-order valence-electron chi connectivity index (χ2n) is 5.96. The molecular formula is C16H20BrN3S. The zero-order valence-corrected chi connectivity index (χ0v) is 15.2. The maximum absolute atomic E-state index is 4.58. The van der Waals surface area contributed by atoms with Gasteiger partial charge < -0.3 is 5.32 Å². The largest absolute Gasteiger partial charge is 0.308 e. The lowest BCUT2D eigenvalue weighted by Gasteiger charge is -2.20. The van der Waals surface area contributed by atoms with Crippen molar-refractivity contribution in [2.45, 2.75) is 49.8 Å². The van der Waals surface area contributed by atoms with Gasteiger partial charge in [-0.15, -0.1) is 0 Å². The summed E-state index contributed by atoms with van der Waals surface area (Å²) >= 11 is 5.10. The van der Waals surface area contributed by atoms with Gasteiger partial charge in [0.2, 0.25) is 0 Å². The molecule has 2 aromatic heterocycles. The van der Waals surface area contributed by atoms with Gasteiger partial charge in [-0.3, -0.25) is 0 Å². The fourth-order valence-electron chi connectivity index (χ4n) is 1.73. The Morgan fingerprint density at radius 3 is 2.62 bits per heavy atom. The van der Waals surface area contributed by atoms with Gasteiger partial charge in [-0.1, -0.05) is 6.07 Å². The van der Waals surface area contributed by atoms with E-state index in [2.05, 4.69) is 65.0 Å². The Morgan fingerprint density at radius 2 is 2.00 bits per heavy atom. The van der Waals surface area contributed by atoms with E-state index in [1.54, 1.807) is 18.0 Å². The van der Waals surface area contributed by atoms with Gasteiger partial charge in [0.1, 0.15) is 10.1 Å². The Kier molecular flexibility index (Phi) is 5.41. The first-order chi connectivity index (χ1) is 9.85. The van der Waals surface area contributed by atoms with Crippen molar-refractivity contribution < 1.29 is 0 Å². The second-order valence-corrected chi connectivity index (χ2v) is 7.79. The Balaban J connectivity index is 2.11. The van der Waals surface area contributed by atoms with E-state index in [0.29, 0.717) is 0 Å². The molecule has 0 saturated carbocycles. The summed E-state index contributed by atoms with van der Waals surface area (Å²) in [4.78, 5) is 8.95. The van der Waals surface area contributed by atoms with Crippen molar-refractivity contribution in [3.63, 3.8) is 0 Å². The molecule has 5 heteroatoms. The molecule has 0 radical (unpaired) electrons. The Labute approximate surface area is 139 Å². The number of pyridine rings is 2. The third-order valence-corrected chi connectivity index (χ3v) is 4.87. The highest BCUT2D eigenvalue weighted by molar-refractivity contribution is 9.10. The highest BCUT2D eigenvalue weighted by Crippen LogP contribution is 2.32. The highest BCUT2D eigenvalue weighted by Gasteiger charge is 2.11. The van der Waals surface area contributed by atoms with Crippen LogP contribution in [0.1, 0.15) is 31.9 Å². The van der Waals surface area contributed by atoms with E-state index in [4.69, 9.17) is 0 Å². The van der Waals surface area contributed by atoms with E-state index in [1.807, 2.05) is 18.3 Å². The molecule has 0 aliphatic rings. The molecule has 2 heterocycles. The van der Waals surface area contributed by atoms with Crippen molar-refractivity contribution in [1.82, 2.24) is 15.3 Å². The number of hydrogen-bond acceptors (Lipinski definition) is 4. The number of aromatic nitrogens is 2. The lowest BCUT2D eigenvalue weighted by molar-refractivity contribution is 0.424. The first-order valence-electron chi connectivity index (χ1n) is 6.84. The van der Waals surface area contributed by atoms with Crippen molar-refractivity contribution in [1.29, 1.82) is 0 Å². The Hall–Kier alpha value is -0.910. The first-order valence-corrected chi connectivity index (χ1v) is 8.45. The van der Waals surface area contributed by atoms with Crippen LogP contribution in [0.4, 0.5) is 0 Å². The summed E-state index contributed by atoms with van der Waals surface area (Å²) in [6.45, 7) is 9.41. The number of halogens is 1. The molecule has 112 valence electrons. The fraction of sp³-hybridized carbons (Fsp3) is 0.375. The predicted molar refractivity (Wildman–Crippen MR) is 91.6 cm³/mol. The molecule has 2 aromatic rings. The minimum Gasteiger partial charge on any atom is -0.308 e.